The molecule has 2 aromatic carbocycles. The van der Waals surface area contributed by atoms with E-state index in [2.05, 4.69) is 37.3 Å². The molecular formula is C27H30N6O2S. The third-order valence-electron chi connectivity index (χ3n) is 6.17. The van der Waals surface area contributed by atoms with Crippen LogP contribution in [-0.4, -0.2) is 48.9 Å². The molecule has 1 atom stereocenters. The molecule has 8 nitrogen and oxygen atoms in total. The van der Waals surface area contributed by atoms with Crippen LogP contribution in [0.2, 0.25) is 0 Å². The van der Waals surface area contributed by atoms with Crippen LogP contribution in [0.25, 0.3) is 5.69 Å². The Kier molecular flexibility index (Phi) is 7.48. The summed E-state index contributed by atoms with van der Waals surface area (Å²) in [5.41, 5.74) is 4.54. The van der Waals surface area contributed by atoms with E-state index in [1.807, 2.05) is 67.1 Å². The molecule has 5 rings (SSSR count). The summed E-state index contributed by atoms with van der Waals surface area (Å²) < 4.78 is 9.71. The Morgan fingerprint density at radius 2 is 1.97 bits per heavy atom. The van der Waals surface area contributed by atoms with Crippen LogP contribution in [0.1, 0.15) is 46.0 Å². The van der Waals surface area contributed by atoms with Gasteiger partial charge in [0.1, 0.15) is 0 Å². The van der Waals surface area contributed by atoms with Crippen LogP contribution >= 0.6 is 11.8 Å². The van der Waals surface area contributed by atoms with E-state index in [0.29, 0.717) is 12.1 Å². The number of thioether (sulfide) groups is 1. The number of ether oxygens (including phenoxy) is 1. The number of nitrogens with one attached hydrogen (secondary N) is 1. The highest BCUT2D eigenvalue weighted by atomic mass is 32.2. The van der Waals surface area contributed by atoms with Crippen molar-refractivity contribution < 1.29 is 9.53 Å². The second kappa shape index (κ2) is 11.1. The minimum atomic E-state index is -0.166. The van der Waals surface area contributed by atoms with Crippen LogP contribution in [0.3, 0.4) is 0 Å². The van der Waals surface area contributed by atoms with Crippen molar-refractivity contribution in [1.82, 2.24) is 29.9 Å². The van der Waals surface area contributed by atoms with Gasteiger partial charge in [0.15, 0.2) is 11.0 Å². The van der Waals surface area contributed by atoms with E-state index in [-0.39, 0.29) is 18.6 Å². The Bertz CT molecular complexity index is 1330. The molecule has 0 bridgehead atoms. The van der Waals surface area contributed by atoms with Gasteiger partial charge in [0.2, 0.25) is 0 Å². The summed E-state index contributed by atoms with van der Waals surface area (Å²) in [5.74, 6) is 1.40. The van der Waals surface area contributed by atoms with Crippen LogP contribution in [0, 0.1) is 13.8 Å². The first-order chi connectivity index (χ1) is 17.6. The number of hydrogen-bond acceptors (Lipinski definition) is 6. The largest absolute Gasteiger partial charge is 0.377 e. The van der Waals surface area contributed by atoms with Gasteiger partial charge in [-0.2, -0.15) is 5.10 Å². The number of amides is 1. The molecule has 1 fully saturated rings. The molecule has 36 heavy (non-hydrogen) atoms. The third-order valence-corrected chi connectivity index (χ3v) is 7.27. The maximum atomic E-state index is 13.0. The fourth-order valence-electron chi connectivity index (χ4n) is 4.36. The molecule has 1 aliphatic heterocycles. The predicted molar refractivity (Wildman–Crippen MR) is 139 cm³/mol. The van der Waals surface area contributed by atoms with Gasteiger partial charge in [-0.05, 0) is 56.5 Å². The lowest BCUT2D eigenvalue weighted by atomic mass is 10.2. The van der Waals surface area contributed by atoms with E-state index < -0.39 is 0 Å². The maximum Gasteiger partial charge on any atom is 0.251 e. The summed E-state index contributed by atoms with van der Waals surface area (Å²) in [6.07, 6.45) is 2.45. The Morgan fingerprint density at radius 1 is 1.11 bits per heavy atom. The van der Waals surface area contributed by atoms with E-state index in [0.717, 1.165) is 58.8 Å². The molecule has 1 aliphatic rings. The van der Waals surface area contributed by atoms with Crippen molar-refractivity contribution in [3.8, 4) is 5.69 Å². The van der Waals surface area contributed by atoms with Crippen molar-refractivity contribution in [3.63, 3.8) is 0 Å². The number of aromatic nitrogens is 5. The Morgan fingerprint density at radius 3 is 2.72 bits per heavy atom. The van der Waals surface area contributed by atoms with Gasteiger partial charge in [0.25, 0.3) is 5.91 Å². The molecule has 3 heterocycles. The van der Waals surface area contributed by atoms with Crippen LogP contribution in [0.5, 0.6) is 0 Å². The molecule has 186 valence electrons. The molecule has 0 saturated carbocycles. The van der Waals surface area contributed by atoms with Crippen LogP contribution in [-0.2, 0) is 17.8 Å². The zero-order chi connectivity index (χ0) is 24.9. The second-order valence-electron chi connectivity index (χ2n) is 8.99. The lowest BCUT2D eigenvalue weighted by molar-refractivity contribution is 0.0949. The first-order valence-electron chi connectivity index (χ1n) is 12.2. The van der Waals surface area contributed by atoms with Gasteiger partial charge >= 0.3 is 0 Å². The normalized spacial score (nSPS) is 15.3. The average Bonchev–Trinajstić information content (AvgIpc) is 3.63. The van der Waals surface area contributed by atoms with E-state index in [4.69, 9.17) is 4.74 Å². The van der Waals surface area contributed by atoms with Crippen molar-refractivity contribution in [2.75, 3.05) is 12.4 Å². The zero-order valence-electron chi connectivity index (χ0n) is 20.6. The molecule has 1 amide bonds. The summed E-state index contributed by atoms with van der Waals surface area (Å²) >= 11 is 1.66. The highest BCUT2D eigenvalue weighted by Gasteiger charge is 2.20. The second-order valence-corrected chi connectivity index (χ2v) is 9.98. The average molecular weight is 503 g/mol. The fraction of sp³-hybridized carbons (Fsp3) is 0.333. The zero-order valence-corrected chi connectivity index (χ0v) is 21.4. The third kappa shape index (κ3) is 5.68. The molecule has 0 aliphatic carbocycles. The smallest absolute Gasteiger partial charge is 0.251 e. The monoisotopic (exact) mass is 502 g/mol. The van der Waals surface area contributed by atoms with E-state index >= 15 is 0 Å². The van der Waals surface area contributed by atoms with Crippen molar-refractivity contribution in [1.29, 1.82) is 0 Å². The molecule has 1 saturated heterocycles. The van der Waals surface area contributed by atoms with Crippen LogP contribution in [0.4, 0.5) is 0 Å². The van der Waals surface area contributed by atoms with Crippen molar-refractivity contribution in [2.24, 2.45) is 0 Å². The van der Waals surface area contributed by atoms with Gasteiger partial charge in [0, 0.05) is 23.6 Å². The number of hydrogen-bond donors (Lipinski definition) is 1. The van der Waals surface area contributed by atoms with Gasteiger partial charge in [0.05, 0.1) is 30.6 Å². The Balaban J connectivity index is 1.31. The summed E-state index contributed by atoms with van der Waals surface area (Å²) in [6, 6.07) is 19.7. The Labute approximate surface area is 215 Å². The highest BCUT2D eigenvalue weighted by molar-refractivity contribution is 7.99. The van der Waals surface area contributed by atoms with Crippen molar-refractivity contribution >= 4 is 17.7 Å². The lowest BCUT2D eigenvalue weighted by Gasteiger charge is -2.13. The summed E-state index contributed by atoms with van der Waals surface area (Å²) in [6.45, 7) is 5.71. The number of rotatable bonds is 9. The van der Waals surface area contributed by atoms with Crippen LogP contribution < -0.4 is 5.32 Å². The molecule has 2 aromatic heterocycles. The van der Waals surface area contributed by atoms with E-state index in [1.165, 1.54) is 0 Å². The Hall–Kier alpha value is -3.43. The maximum absolute atomic E-state index is 13.0. The predicted octanol–water partition coefficient (Wildman–Crippen LogP) is 4.33. The topological polar surface area (TPSA) is 86.9 Å². The van der Waals surface area contributed by atoms with E-state index in [1.54, 1.807) is 11.8 Å². The number of aryl methyl sites for hydroxylation is 2. The first-order valence-corrected chi connectivity index (χ1v) is 13.2. The molecule has 9 heteroatoms. The minimum Gasteiger partial charge on any atom is -0.377 e. The fourth-order valence-corrected chi connectivity index (χ4v) is 5.38. The van der Waals surface area contributed by atoms with Gasteiger partial charge in [-0.1, -0.05) is 48.2 Å². The summed E-state index contributed by atoms with van der Waals surface area (Å²) in [7, 11) is 0. The number of nitrogens with zero attached hydrogens (tertiary/aromatic N) is 5. The van der Waals surface area contributed by atoms with Gasteiger partial charge in [-0.25, -0.2) is 4.68 Å². The molecule has 1 N–H and O–H groups in total. The molecule has 4 aromatic rings. The summed E-state index contributed by atoms with van der Waals surface area (Å²) in [5, 5.41) is 17.3. The number of carbonyl (C=O) groups excluding carboxylic acids is 1. The first kappa shape index (κ1) is 24.3. The van der Waals surface area contributed by atoms with Gasteiger partial charge in [-0.15, -0.1) is 10.2 Å². The SMILES string of the molecule is Cc1cc(C)n(-c2cccc(C(=O)NCc3nnc(SC[C@H]4CCCO4)n3Cc3ccccc3)c2)n1. The number of benzene rings is 2. The molecule has 0 radical (unpaired) electrons. The molecule has 0 spiro atoms. The van der Waals surface area contributed by atoms with E-state index in [9.17, 15) is 4.79 Å². The standard InChI is InChI=1S/C27H30N6O2S/c1-19-14-20(2)33(31-19)23-11-6-10-22(15-23)26(34)28-16-25-29-30-27(36-18-24-12-7-13-35-24)32(25)17-21-8-4-3-5-9-21/h3-6,8-11,14-15,24H,7,12-13,16-18H2,1-2H3,(H,28,34)/t24-/m1/s1. The van der Waals surface area contributed by atoms with Crippen LogP contribution in [0.15, 0.2) is 65.8 Å². The van der Waals surface area contributed by atoms with Crippen molar-refractivity contribution in [3.05, 3.63) is 89.0 Å². The molecular weight excluding hydrogens is 472 g/mol. The lowest BCUT2D eigenvalue weighted by Crippen LogP contribution is -2.25. The van der Waals surface area contributed by atoms with Gasteiger partial charge < -0.3 is 14.6 Å². The highest BCUT2D eigenvalue weighted by Crippen LogP contribution is 2.24. The molecule has 0 unspecified atom stereocenters. The quantitative estimate of drug-likeness (QED) is 0.343. The summed E-state index contributed by atoms with van der Waals surface area (Å²) in [4.78, 5) is 13.0. The van der Waals surface area contributed by atoms with Gasteiger partial charge in [-0.3, -0.25) is 4.79 Å². The number of carbonyl (C=O) groups is 1. The minimum absolute atomic E-state index is 0.166. The van der Waals surface area contributed by atoms with Crippen molar-refractivity contribution in [2.45, 2.75) is 51.0 Å².